The molecule has 2 saturated heterocycles. The van der Waals surface area contributed by atoms with E-state index in [-0.39, 0.29) is 24.3 Å². The Balaban J connectivity index is 1.43. The summed E-state index contributed by atoms with van der Waals surface area (Å²) in [5.74, 6) is -0.144. The quantitative estimate of drug-likeness (QED) is 0.764. The minimum Gasteiger partial charge on any atom is -0.358 e. The number of piperidine rings is 2. The molecule has 2 N–H and O–H groups in total. The molecule has 1 aromatic heterocycles. The summed E-state index contributed by atoms with van der Waals surface area (Å²) in [4.78, 5) is 32.8. The number of aromatic nitrogens is 1. The molecule has 3 heterocycles. The van der Waals surface area contributed by atoms with Gasteiger partial charge in [0, 0.05) is 38.6 Å². The number of hydrogen-bond acceptors (Lipinski definition) is 5. The van der Waals surface area contributed by atoms with Gasteiger partial charge in [-0.05, 0) is 63.0 Å². The Morgan fingerprint density at radius 3 is 2.59 bits per heavy atom. The highest BCUT2D eigenvalue weighted by Gasteiger charge is 2.31. The van der Waals surface area contributed by atoms with Crippen molar-refractivity contribution in [2.45, 2.75) is 38.3 Å². The second-order valence-corrected chi connectivity index (χ2v) is 7.59. The van der Waals surface area contributed by atoms with Crippen LogP contribution < -0.4 is 10.6 Å². The average molecular weight is 374 g/mol. The van der Waals surface area contributed by atoms with Crippen LogP contribution in [0.1, 0.15) is 31.2 Å². The molecule has 1 unspecified atom stereocenters. The van der Waals surface area contributed by atoms with Crippen LogP contribution in [0, 0.1) is 5.92 Å². The molecule has 0 aromatic carbocycles. The van der Waals surface area contributed by atoms with Gasteiger partial charge in [-0.15, -0.1) is 0 Å². The van der Waals surface area contributed by atoms with Gasteiger partial charge in [-0.1, -0.05) is 0 Å². The van der Waals surface area contributed by atoms with E-state index in [1.165, 1.54) is 5.56 Å². The number of likely N-dealkylation sites (N-methyl/N-ethyl adjacent to an activating group) is 1. The van der Waals surface area contributed by atoms with E-state index in [4.69, 9.17) is 0 Å². The predicted octanol–water partition coefficient (Wildman–Crippen LogP) is 0.620. The van der Waals surface area contributed by atoms with Gasteiger partial charge in [0.05, 0.1) is 12.5 Å². The van der Waals surface area contributed by atoms with Crippen molar-refractivity contribution in [3.63, 3.8) is 0 Å². The molecule has 7 heteroatoms. The van der Waals surface area contributed by atoms with E-state index >= 15 is 0 Å². The molecule has 7 nitrogen and oxygen atoms in total. The largest absolute Gasteiger partial charge is 0.358 e. The maximum Gasteiger partial charge on any atom is 0.239 e. The molecule has 0 saturated carbocycles. The standard InChI is InChI=1S/C20H31N5O2/c1-21-19(26)13-23-20(27)17-3-2-10-25(15-17)18-6-11-24(12-7-18)14-16-4-8-22-9-5-16/h4-5,8-9,17-18H,2-3,6-7,10-15H2,1H3,(H,21,26)(H,23,27). The molecule has 1 atom stereocenters. The Kier molecular flexibility index (Phi) is 7.18. The Hall–Kier alpha value is -1.99. The predicted molar refractivity (Wildman–Crippen MR) is 104 cm³/mol. The lowest BCUT2D eigenvalue weighted by Crippen LogP contribution is -2.51. The average Bonchev–Trinajstić information content (AvgIpc) is 2.73. The van der Waals surface area contributed by atoms with E-state index in [0.717, 1.165) is 58.4 Å². The second-order valence-electron chi connectivity index (χ2n) is 7.59. The summed E-state index contributed by atoms with van der Waals surface area (Å²) < 4.78 is 0. The van der Waals surface area contributed by atoms with Crippen molar-refractivity contribution in [2.24, 2.45) is 5.92 Å². The molecule has 2 aliphatic heterocycles. The number of nitrogens with zero attached hydrogens (tertiary/aromatic N) is 3. The van der Waals surface area contributed by atoms with Crippen molar-refractivity contribution < 1.29 is 9.59 Å². The van der Waals surface area contributed by atoms with Gasteiger partial charge in [-0.25, -0.2) is 0 Å². The first-order valence-corrected chi connectivity index (χ1v) is 9.99. The molecule has 3 rings (SSSR count). The first kappa shape index (κ1) is 19.8. The fraction of sp³-hybridized carbons (Fsp3) is 0.650. The van der Waals surface area contributed by atoms with E-state index in [1.54, 1.807) is 7.05 Å². The maximum atomic E-state index is 12.4. The normalized spacial score (nSPS) is 22.3. The van der Waals surface area contributed by atoms with Crippen LogP contribution in [0.2, 0.25) is 0 Å². The van der Waals surface area contributed by atoms with E-state index < -0.39 is 0 Å². The van der Waals surface area contributed by atoms with E-state index in [9.17, 15) is 9.59 Å². The third-order valence-corrected chi connectivity index (χ3v) is 5.75. The molecule has 2 amide bonds. The monoisotopic (exact) mass is 373 g/mol. The van der Waals surface area contributed by atoms with Crippen molar-refractivity contribution >= 4 is 11.8 Å². The van der Waals surface area contributed by atoms with Crippen molar-refractivity contribution in [2.75, 3.05) is 39.8 Å². The molecule has 148 valence electrons. The van der Waals surface area contributed by atoms with Crippen molar-refractivity contribution in [3.05, 3.63) is 30.1 Å². The van der Waals surface area contributed by atoms with Crippen LogP contribution in [0.15, 0.2) is 24.5 Å². The first-order chi connectivity index (χ1) is 13.2. The van der Waals surface area contributed by atoms with Crippen LogP contribution >= 0.6 is 0 Å². The van der Waals surface area contributed by atoms with E-state index in [1.807, 2.05) is 12.4 Å². The van der Waals surface area contributed by atoms with Gasteiger partial charge >= 0.3 is 0 Å². The summed E-state index contributed by atoms with van der Waals surface area (Å²) in [6.45, 7) is 5.13. The lowest BCUT2D eigenvalue weighted by molar-refractivity contribution is -0.130. The highest BCUT2D eigenvalue weighted by molar-refractivity contribution is 5.85. The Morgan fingerprint density at radius 1 is 1.15 bits per heavy atom. The number of amides is 2. The minimum atomic E-state index is -0.155. The van der Waals surface area contributed by atoms with Crippen LogP contribution in [0.25, 0.3) is 0 Å². The molecule has 0 radical (unpaired) electrons. The van der Waals surface area contributed by atoms with Gasteiger partial charge in [-0.2, -0.15) is 0 Å². The number of rotatable bonds is 6. The van der Waals surface area contributed by atoms with Gasteiger partial charge < -0.3 is 10.6 Å². The molecule has 0 bridgehead atoms. The first-order valence-electron chi connectivity index (χ1n) is 9.99. The number of hydrogen-bond donors (Lipinski definition) is 2. The fourth-order valence-electron chi connectivity index (χ4n) is 4.14. The van der Waals surface area contributed by atoms with Crippen molar-refractivity contribution in [1.29, 1.82) is 0 Å². The summed E-state index contributed by atoms with van der Waals surface area (Å²) in [6.07, 6.45) is 7.97. The van der Waals surface area contributed by atoms with Gasteiger partial charge in [0.25, 0.3) is 0 Å². The summed E-state index contributed by atoms with van der Waals surface area (Å²) in [6, 6.07) is 4.73. The summed E-state index contributed by atoms with van der Waals surface area (Å²) in [7, 11) is 1.58. The molecule has 0 spiro atoms. The van der Waals surface area contributed by atoms with Gasteiger partial charge in [-0.3, -0.25) is 24.4 Å². The van der Waals surface area contributed by atoms with Gasteiger partial charge in [0.2, 0.25) is 11.8 Å². The number of likely N-dealkylation sites (tertiary alicyclic amines) is 2. The van der Waals surface area contributed by atoms with Crippen LogP contribution in [0.4, 0.5) is 0 Å². The Morgan fingerprint density at radius 2 is 1.89 bits per heavy atom. The molecular weight excluding hydrogens is 342 g/mol. The lowest BCUT2D eigenvalue weighted by atomic mass is 9.93. The van der Waals surface area contributed by atoms with Crippen LogP contribution in [-0.4, -0.2) is 72.4 Å². The van der Waals surface area contributed by atoms with E-state index in [2.05, 4.69) is 37.6 Å². The third kappa shape index (κ3) is 5.74. The second kappa shape index (κ2) is 9.80. The number of pyridine rings is 1. The maximum absolute atomic E-state index is 12.4. The SMILES string of the molecule is CNC(=O)CNC(=O)C1CCCN(C2CCN(Cc3ccncc3)CC2)C1. The van der Waals surface area contributed by atoms with Crippen molar-refractivity contribution in [3.8, 4) is 0 Å². The zero-order valence-corrected chi connectivity index (χ0v) is 16.2. The Labute approximate surface area is 161 Å². The summed E-state index contributed by atoms with van der Waals surface area (Å²) in [5, 5.41) is 5.30. The van der Waals surface area contributed by atoms with E-state index in [0.29, 0.717) is 6.04 Å². The Bertz CT molecular complexity index is 616. The molecule has 2 fully saturated rings. The summed E-state index contributed by atoms with van der Waals surface area (Å²) in [5.41, 5.74) is 1.31. The minimum absolute atomic E-state index is 0.00162. The van der Waals surface area contributed by atoms with Gasteiger partial charge in [0.1, 0.15) is 0 Å². The van der Waals surface area contributed by atoms with Gasteiger partial charge in [0.15, 0.2) is 0 Å². The summed E-state index contributed by atoms with van der Waals surface area (Å²) >= 11 is 0. The molecular formula is C20H31N5O2. The van der Waals surface area contributed by atoms with Crippen LogP contribution in [0.5, 0.6) is 0 Å². The highest BCUT2D eigenvalue weighted by atomic mass is 16.2. The molecule has 2 aliphatic rings. The van der Waals surface area contributed by atoms with Crippen LogP contribution in [0.3, 0.4) is 0 Å². The third-order valence-electron chi connectivity index (χ3n) is 5.75. The number of carbonyl (C=O) groups excluding carboxylic acids is 2. The molecule has 27 heavy (non-hydrogen) atoms. The smallest absolute Gasteiger partial charge is 0.239 e. The molecule has 1 aromatic rings. The number of carbonyl (C=O) groups is 2. The van der Waals surface area contributed by atoms with Crippen LogP contribution in [-0.2, 0) is 16.1 Å². The number of nitrogens with one attached hydrogen (secondary N) is 2. The van der Waals surface area contributed by atoms with Crippen molar-refractivity contribution in [1.82, 2.24) is 25.4 Å². The zero-order valence-electron chi connectivity index (χ0n) is 16.2. The lowest BCUT2D eigenvalue weighted by Gasteiger charge is -2.42. The molecule has 0 aliphatic carbocycles. The fourth-order valence-corrected chi connectivity index (χ4v) is 4.14. The zero-order chi connectivity index (χ0) is 19.1. The highest BCUT2D eigenvalue weighted by Crippen LogP contribution is 2.24. The topological polar surface area (TPSA) is 77.6 Å².